The Balaban J connectivity index is 1.85. The van der Waals surface area contributed by atoms with Gasteiger partial charge in [0.25, 0.3) is 0 Å². The van der Waals surface area contributed by atoms with E-state index in [0.29, 0.717) is 11.0 Å². The van der Waals surface area contributed by atoms with Gasteiger partial charge in [0.05, 0.1) is 11.4 Å². The minimum Gasteiger partial charge on any atom is -0.338 e. The Labute approximate surface area is 114 Å². The summed E-state index contributed by atoms with van der Waals surface area (Å²) in [7, 11) is 1.83. The van der Waals surface area contributed by atoms with Crippen LogP contribution in [-0.4, -0.2) is 31.6 Å². The van der Waals surface area contributed by atoms with E-state index >= 15 is 0 Å². The summed E-state index contributed by atoms with van der Waals surface area (Å²) in [6.45, 7) is 4.01. The molecule has 0 aromatic carbocycles. The number of hydrogen-bond acceptors (Lipinski definition) is 6. The fourth-order valence-corrected chi connectivity index (χ4v) is 2.01. The zero-order valence-electron chi connectivity index (χ0n) is 11.0. The molecule has 2 aromatic rings. The molecule has 0 aliphatic heterocycles. The third-order valence-electron chi connectivity index (χ3n) is 2.38. The molecule has 8 heteroatoms. The molecule has 1 N–H and O–H groups in total. The lowest BCUT2D eigenvalue weighted by molar-refractivity contribution is -0.113. The van der Waals surface area contributed by atoms with Crippen LogP contribution in [0.2, 0.25) is 0 Å². The van der Waals surface area contributed by atoms with Gasteiger partial charge in [-0.25, -0.2) is 0 Å². The first-order chi connectivity index (χ1) is 9.06. The van der Waals surface area contributed by atoms with Crippen molar-refractivity contribution in [3.05, 3.63) is 18.1 Å². The van der Waals surface area contributed by atoms with Gasteiger partial charge >= 0.3 is 0 Å². The Morgan fingerprint density at radius 3 is 2.95 bits per heavy atom. The van der Waals surface area contributed by atoms with E-state index in [0.717, 1.165) is 5.69 Å². The van der Waals surface area contributed by atoms with Gasteiger partial charge in [0.1, 0.15) is 6.33 Å². The summed E-state index contributed by atoms with van der Waals surface area (Å²) >= 11 is 1.31. The monoisotopic (exact) mass is 281 g/mol. The Bertz CT molecular complexity index is 563. The summed E-state index contributed by atoms with van der Waals surface area (Å²) in [6, 6.07) is 1.73. The van der Waals surface area contributed by atoms with Crippen molar-refractivity contribution in [2.24, 2.45) is 7.05 Å². The molecule has 2 heterocycles. The average molecular weight is 281 g/mol. The van der Waals surface area contributed by atoms with Crippen molar-refractivity contribution in [3.8, 4) is 0 Å². The molecule has 2 aromatic heterocycles. The van der Waals surface area contributed by atoms with E-state index in [1.807, 2.05) is 20.9 Å². The Kier molecular flexibility index (Phi) is 4.20. The van der Waals surface area contributed by atoms with Crippen LogP contribution in [-0.2, 0) is 11.8 Å². The highest BCUT2D eigenvalue weighted by Crippen LogP contribution is 2.18. The topological polar surface area (TPSA) is 85.8 Å². The summed E-state index contributed by atoms with van der Waals surface area (Å²) in [5.41, 5.74) is 0.816. The molecule has 0 radical (unpaired) electrons. The first kappa shape index (κ1) is 13.6. The molecule has 2 rings (SSSR count). The first-order valence-corrected chi connectivity index (χ1v) is 6.78. The summed E-state index contributed by atoms with van der Waals surface area (Å²) in [5, 5.41) is 14.8. The molecule has 0 saturated heterocycles. The predicted molar refractivity (Wildman–Crippen MR) is 70.9 cm³/mol. The van der Waals surface area contributed by atoms with Crippen molar-refractivity contribution < 1.29 is 9.32 Å². The molecule has 19 heavy (non-hydrogen) atoms. The standard InChI is InChI=1S/C11H15N5O2S/c1-7(2)8-4-10(18-15-8)13-9(17)5-19-11-14-12-6-16(11)3/h4,6-7H,5H2,1-3H3,(H,13,17). The van der Waals surface area contributed by atoms with Crippen molar-refractivity contribution in [2.45, 2.75) is 24.9 Å². The molecule has 0 aliphatic rings. The summed E-state index contributed by atoms with van der Waals surface area (Å²) in [6.07, 6.45) is 1.59. The van der Waals surface area contributed by atoms with Gasteiger partial charge in [0.15, 0.2) is 5.16 Å². The van der Waals surface area contributed by atoms with Gasteiger partial charge in [-0.3, -0.25) is 10.1 Å². The average Bonchev–Trinajstić information content (AvgIpc) is 2.96. The van der Waals surface area contributed by atoms with Gasteiger partial charge in [-0.15, -0.1) is 10.2 Å². The molecule has 0 unspecified atom stereocenters. The maximum atomic E-state index is 11.7. The lowest BCUT2D eigenvalue weighted by Crippen LogP contribution is -2.13. The number of nitrogens with zero attached hydrogens (tertiary/aromatic N) is 4. The van der Waals surface area contributed by atoms with Crippen LogP contribution in [0.5, 0.6) is 0 Å². The van der Waals surface area contributed by atoms with Crippen LogP contribution >= 0.6 is 11.8 Å². The third-order valence-corrected chi connectivity index (χ3v) is 3.42. The molecular formula is C11H15N5O2S. The van der Waals surface area contributed by atoms with Gasteiger partial charge < -0.3 is 9.09 Å². The van der Waals surface area contributed by atoms with Crippen LogP contribution in [0, 0.1) is 0 Å². The molecule has 0 saturated carbocycles. The van der Waals surface area contributed by atoms with E-state index in [-0.39, 0.29) is 17.6 Å². The number of aryl methyl sites for hydroxylation is 1. The maximum absolute atomic E-state index is 11.7. The van der Waals surface area contributed by atoms with Crippen molar-refractivity contribution in [1.82, 2.24) is 19.9 Å². The van der Waals surface area contributed by atoms with Crippen LogP contribution in [0.3, 0.4) is 0 Å². The number of amides is 1. The summed E-state index contributed by atoms with van der Waals surface area (Å²) in [4.78, 5) is 11.7. The normalized spacial score (nSPS) is 10.9. The van der Waals surface area contributed by atoms with Crippen LogP contribution in [0.1, 0.15) is 25.5 Å². The summed E-state index contributed by atoms with van der Waals surface area (Å²) in [5.74, 6) is 0.707. The molecule has 7 nitrogen and oxygen atoms in total. The number of rotatable bonds is 5. The third kappa shape index (κ3) is 3.57. The Morgan fingerprint density at radius 1 is 1.58 bits per heavy atom. The van der Waals surface area contributed by atoms with Gasteiger partial charge in [-0.1, -0.05) is 30.8 Å². The Morgan fingerprint density at radius 2 is 2.37 bits per heavy atom. The molecule has 0 fully saturated rings. The Hall–Kier alpha value is -1.83. The van der Waals surface area contributed by atoms with E-state index in [4.69, 9.17) is 4.52 Å². The lowest BCUT2D eigenvalue weighted by atomic mass is 10.1. The number of carbonyl (C=O) groups excluding carboxylic acids is 1. The zero-order chi connectivity index (χ0) is 13.8. The van der Waals surface area contributed by atoms with E-state index in [9.17, 15) is 4.79 Å². The van der Waals surface area contributed by atoms with Gasteiger partial charge in [0.2, 0.25) is 11.8 Å². The molecule has 0 aliphatic carbocycles. The second-order valence-electron chi connectivity index (χ2n) is 4.33. The molecule has 1 amide bonds. The fraction of sp³-hybridized carbons (Fsp3) is 0.455. The quantitative estimate of drug-likeness (QED) is 0.839. The van der Waals surface area contributed by atoms with E-state index < -0.39 is 0 Å². The van der Waals surface area contributed by atoms with Gasteiger partial charge in [-0.2, -0.15) is 0 Å². The van der Waals surface area contributed by atoms with Gasteiger partial charge in [0, 0.05) is 13.1 Å². The minimum atomic E-state index is -0.167. The second kappa shape index (κ2) is 5.87. The van der Waals surface area contributed by atoms with Crippen LogP contribution < -0.4 is 5.32 Å². The molecular weight excluding hydrogens is 266 g/mol. The molecule has 102 valence electrons. The predicted octanol–water partition coefficient (Wildman–Crippen LogP) is 1.66. The highest BCUT2D eigenvalue weighted by atomic mass is 32.2. The van der Waals surface area contributed by atoms with Crippen molar-refractivity contribution in [2.75, 3.05) is 11.1 Å². The van der Waals surface area contributed by atoms with Crippen molar-refractivity contribution in [3.63, 3.8) is 0 Å². The smallest absolute Gasteiger partial charge is 0.237 e. The highest BCUT2D eigenvalue weighted by molar-refractivity contribution is 7.99. The number of aromatic nitrogens is 4. The van der Waals surface area contributed by atoms with Gasteiger partial charge in [-0.05, 0) is 5.92 Å². The maximum Gasteiger partial charge on any atom is 0.237 e. The number of nitrogens with one attached hydrogen (secondary N) is 1. The van der Waals surface area contributed by atoms with Crippen molar-refractivity contribution >= 4 is 23.6 Å². The largest absolute Gasteiger partial charge is 0.338 e. The van der Waals surface area contributed by atoms with Crippen LogP contribution in [0.4, 0.5) is 5.88 Å². The summed E-state index contributed by atoms with van der Waals surface area (Å²) < 4.78 is 6.79. The number of hydrogen-bond donors (Lipinski definition) is 1. The number of carbonyl (C=O) groups is 1. The SMILES string of the molecule is CC(C)c1cc(NC(=O)CSc2nncn2C)on1. The highest BCUT2D eigenvalue weighted by Gasteiger charge is 2.11. The zero-order valence-corrected chi connectivity index (χ0v) is 11.8. The van der Waals surface area contributed by atoms with Crippen LogP contribution in [0.15, 0.2) is 22.1 Å². The number of thioether (sulfide) groups is 1. The molecule has 0 atom stereocenters. The minimum absolute atomic E-state index is 0.167. The van der Waals surface area contributed by atoms with E-state index in [1.165, 1.54) is 11.8 Å². The lowest BCUT2D eigenvalue weighted by Gasteiger charge is -2.00. The number of anilines is 1. The van der Waals surface area contributed by atoms with Crippen molar-refractivity contribution in [1.29, 1.82) is 0 Å². The molecule has 0 spiro atoms. The van der Waals surface area contributed by atoms with E-state index in [2.05, 4.69) is 20.7 Å². The fourth-order valence-electron chi connectivity index (χ4n) is 1.33. The second-order valence-corrected chi connectivity index (χ2v) is 5.27. The van der Waals surface area contributed by atoms with Crippen LogP contribution in [0.25, 0.3) is 0 Å². The molecule has 0 bridgehead atoms. The van der Waals surface area contributed by atoms with E-state index in [1.54, 1.807) is 17.0 Å². The first-order valence-electron chi connectivity index (χ1n) is 5.79.